The monoisotopic (exact) mass is 676 g/mol. The van der Waals surface area contributed by atoms with Gasteiger partial charge in [-0.05, 0) is 107 Å². The Morgan fingerprint density at radius 3 is 1.33 bits per heavy atom. The average molecular weight is 677 g/mol. The van der Waals surface area contributed by atoms with Crippen LogP contribution >= 0.6 is 0 Å². The molecule has 0 aromatic heterocycles. The van der Waals surface area contributed by atoms with Crippen LogP contribution in [0.1, 0.15) is 94.8 Å². The Kier molecular flexibility index (Phi) is 11.6. The highest BCUT2D eigenvalue weighted by Crippen LogP contribution is 2.44. The van der Waals surface area contributed by atoms with Crippen molar-refractivity contribution in [3.8, 4) is 11.5 Å². The Bertz CT molecular complexity index is 1880. The van der Waals surface area contributed by atoms with E-state index < -0.39 is 16.0 Å². The summed E-state index contributed by atoms with van der Waals surface area (Å²) in [6, 6.07) is 32.0. The van der Waals surface area contributed by atoms with E-state index in [1.165, 1.54) is 39.4 Å². The van der Waals surface area contributed by atoms with Crippen LogP contribution in [0.15, 0.2) is 102 Å². The maximum atomic E-state index is 12.8. The molecule has 0 spiro atoms. The van der Waals surface area contributed by atoms with E-state index in [1.54, 1.807) is 32.4 Å². The van der Waals surface area contributed by atoms with Crippen LogP contribution in [-0.2, 0) is 48.6 Å². The number of hydrogen-bond donors (Lipinski definition) is 1. The van der Waals surface area contributed by atoms with Crippen LogP contribution in [0.2, 0.25) is 0 Å². The van der Waals surface area contributed by atoms with Gasteiger partial charge < -0.3 is 9.47 Å². The Labute approximate surface area is 292 Å². The summed E-state index contributed by atoms with van der Waals surface area (Å²) in [5.74, 6) is 0.653. The minimum absolute atomic E-state index is 0.147. The molecule has 0 fully saturated rings. The molecule has 49 heavy (non-hydrogen) atoms. The SMILES string of the molecule is CCc1cccc(CC)c1Cc1ccc(C(c2ccc(Cc3c(CC)cccc3CC)cc2OC)c2ccccc2S(=O)(=O)O)c(OC)c1. The number of rotatable bonds is 14. The lowest BCUT2D eigenvalue weighted by Gasteiger charge is -2.25. The number of benzene rings is 5. The minimum atomic E-state index is -4.54. The van der Waals surface area contributed by atoms with E-state index in [2.05, 4.69) is 88.4 Å². The summed E-state index contributed by atoms with van der Waals surface area (Å²) in [6.45, 7) is 8.73. The van der Waals surface area contributed by atoms with Crippen molar-refractivity contribution in [2.45, 2.75) is 77.0 Å². The summed E-state index contributed by atoms with van der Waals surface area (Å²) < 4.78 is 48.1. The van der Waals surface area contributed by atoms with Crippen molar-refractivity contribution in [3.05, 3.63) is 158 Å². The molecular formula is C43H48O5S. The average Bonchev–Trinajstić information content (AvgIpc) is 3.12. The number of ether oxygens (including phenoxy) is 2. The molecular weight excluding hydrogens is 629 g/mol. The zero-order valence-electron chi connectivity index (χ0n) is 29.5. The van der Waals surface area contributed by atoms with Gasteiger partial charge >= 0.3 is 0 Å². The zero-order chi connectivity index (χ0) is 35.1. The van der Waals surface area contributed by atoms with Gasteiger partial charge in [0.15, 0.2) is 0 Å². The topological polar surface area (TPSA) is 72.8 Å². The van der Waals surface area contributed by atoms with E-state index in [-0.39, 0.29) is 4.90 Å². The largest absolute Gasteiger partial charge is 0.496 e. The molecule has 1 N–H and O–H groups in total. The van der Waals surface area contributed by atoms with Gasteiger partial charge in [0.2, 0.25) is 0 Å². The molecule has 0 bridgehead atoms. The fourth-order valence-electron chi connectivity index (χ4n) is 7.23. The maximum absolute atomic E-state index is 12.8. The second-order valence-electron chi connectivity index (χ2n) is 12.5. The van der Waals surface area contributed by atoms with Gasteiger partial charge in [-0.3, -0.25) is 4.55 Å². The van der Waals surface area contributed by atoms with Gasteiger partial charge in [-0.1, -0.05) is 107 Å². The van der Waals surface area contributed by atoms with E-state index in [0.717, 1.165) is 60.8 Å². The first-order chi connectivity index (χ1) is 23.7. The first-order valence-electron chi connectivity index (χ1n) is 17.3. The van der Waals surface area contributed by atoms with Crippen LogP contribution in [0.4, 0.5) is 0 Å². The molecule has 0 aliphatic heterocycles. The van der Waals surface area contributed by atoms with Crippen molar-refractivity contribution < 1.29 is 22.4 Å². The van der Waals surface area contributed by atoms with Crippen LogP contribution < -0.4 is 9.47 Å². The fourth-order valence-corrected chi connectivity index (χ4v) is 7.96. The van der Waals surface area contributed by atoms with Gasteiger partial charge in [0.25, 0.3) is 10.1 Å². The predicted molar refractivity (Wildman–Crippen MR) is 199 cm³/mol. The van der Waals surface area contributed by atoms with Gasteiger partial charge in [-0.15, -0.1) is 0 Å². The molecule has 0 heterocycles. The van der Waals surface area contributed by atoms with Crippen LogP contribution in [0, 0.1) is 0 Å². The van der Waals surface area contributed by atoms with Crippen LogP contribution in [0.3, 0.4) is 0 Å². The lowest BCUT2D eigenvalue weighted by atomic mass is 9.82. The summed E-state index contributed by atoms with van der Waals surface area (Å²) in [7, 11) is -1.26. The van der Waals surface area contributed by atoms with E-state index in [9.17, 15) is 13.0 Å². The highest BCUT2D eigenvalue weighted by molar-refractivity contribution is 7.85. The van der Waals surface area contributed by atoms with E-state index in [0.29, 0.717) is 17.1 Å². The van der Waals surface area contributed by atoms with Gasteiger partial charge in [-0.2, -0.15) is 8.42 Å². The zero-order valence-corrected chi connectivity index (χ0v) is 30.4. The second-order valence-corrected chi connectivity index (χ2v) is 13.9. The molecule has 5 nitrogen and oxygen atoms in total. The highest BCUT2D eigenvalue weighted by Gasteiger charge is 2.29. The smallest absolute Gasteiger partial charge is 0.294 e. The molecule has 0 saturated carbocycles. The molecule has 256 valence electrons. The van der Waals surface area contributed by atoms with Gasteiger partial charge in [-0.25, -0.2) is 0 Å². The van der Waals surface area contributed by atoms with Gasteiger partial charge in [0.1, 0.15) is 11.5 Å². The number of hydrogen-bond acceptors (Lipinski definition) is 4. The normalized spacial score (nSPS) is 11.6. The summed E-state index contributed by atoms with van der Waals surface area (Å²) in [4.78, 5) is -0.147. The molecule has 5 aromatic carbocycles. The standard InChI is InChI=1S/C43H48O5S/c1-7-31-15-13-16-32(8-2)38(31)25-29-21-23-35(40(27-29)47-5)43(37-19-11-12-20-42(37)49(44,45)46)36-24-22-30(28-41(36)48-6)26-39-33(9-3)17-14-18-34(39)10-4/h11-24,27-28,43H,7-10,25-26H2,1-6H3,(H,44,45,46). The molecule has 0 saturated heterocycles. The molecule has 0 aliphatic carbocycles. The number of aryl methyl sites for hydroxylation is 4. The molecule has 0 amide bonds. The molecule has 0 atom stereocenters. The van der Waals surface area contributed by atoms with E-state index in [4.69, 9.17) is 9.47 Å². The molecule has 6 heteroatoms. The van der Waals surface area contributed by atoms with Crippen LogP contribution in [0.25, 0.3) is 0 Å². The molecule has 5 aromatic rings. The van der Waals surface area contributed by atoms with Crippen molar-refractivity contribution in [1.82, 2.24) is 0 Å². The Balaban J connectivity index is 1.67. The Hall–Kier alpha value is -4.39. The van der Waals surface area contributed by atoms with Crippen LogP contribution in [0.5, 0.6) is 11.5 Å². The van der Waals surface area contributed by atoms with Crippen molar-refractivity contribution in [1.29, 1.82) is 0 Å². The van der Waals surface area contributed by atoms with Crippen LogP contribution in [-0.4, -0.2) is 27.2 Å². The Morgan fingerprint density at radius 1 is 0.551 bits per heavy atom. The van der Waals surface area contributed by atoms with Crippen molar-refractivity contribution in [3.63, 3.8) is 0 Å². The Morgan fingerprint density at radius 2 is 0.959 bits per heavy atom. The molecule has 0 radical (unpaired) electrons. The molecule has 5 rings (SSSR count). The summed E-state index contributed by atoms with van der Waals surface area (Å²) in [5, 5.41) is 0. The highest BCUT2D eigenvalue weighted by atomic mass is 32.2. The summed E-state index contributed by atoms with van der Waals surface area (Å²) in [6.07, 6.45) is 5.32. The maximum Gasteiger partial charge on any atom is 0.294 e. The molecule has 0 unspecified atom stereocenters. The third-order valence-electron chi connectivity index (χ3n) is 9.75. The summed E-state index contributed by atoms with van der Waals surface area (Å²) in [5.41, 5.74) is 12.2. The van der Waals surface area contributed by atoms with Gasteiger partial charge in [0.05, 0.1) is 19.1 Å². The molecule has 0 aliphatic rings. The first kappa shape index (κ1) is 35.9. The fraction of sp³-hybridized carbons (Fsp3) is 0.302. The predicted octanol–water partition coefficient (Wildman–Crippen LogP) is 9.56. The third kappa shape index (κ3) is 7.76. The van der Waals surface area contributed by atoms with E-state index in [1.807, 2.05) is 12.1 Å². The lowest BCUT2D eigenvalue weighted by molar-refractivity contribution is 0.401. The van der Waals surface area contributed by atoms with Crippen molar-refractivity contribution >= 4 is 10.1 Å². The second kappa shape index (κ2) is 15.9. The summed E-state index contributed by atoms with van der Waals surface area (Å²) >= 11 is 0. The van der Waals surface area contributed by atoms with Gasteiger partial charge in [0, 0.05) is 17.0 Å². The first-order valence-corrected chi connectivity index (χ1v) is 18.7. The van der Waals surface area contributed by atoms with Crippen molar-refractivity contribution in [2.24, 2.45) is 0 Å². The van der Waals surface area contributed by atoms with E-state index >= 15 is 0 Å². The quantitative estimate of drug-likeness (QED) is 0.0937. The lowest BCUT2D eigenvalue weighted by Crippen LogP contribution is -2.13. The number of methoxy groups -OCH3 is 2. The minimum Gasteiger partial charge on any atom is -0.496 e. The van der Waals surface area contributed by atoms with Crippen molar-refractivity contribution in [2.75, 3.05) is 14.2 Å². The third-order valence-corrected chi connectivity index (χ3v) is 10.7.